The highest BCUT2D eigenvalue weighted by atomic mass is 16.5. The molecule has 0 aromatic heterocycles. The Hall–Kier alpha value is -0.410. The van der Waals surface area contributed by atoms with Gasteiger partial charge in [0, 0.05) is 25.7 Å². The van der Waals surface area contributed by atoms with Crippen LogP contribution in [0.4, 0.5) is 0 Å². The first-order chi connectivity index (χ1) is 8.78. The van der Waals surface area contributed by atoms with Crippen molar-refractivity contribution in [3.63, 3.8) is 0 Å². The summed E-state index contributed by atoms with van der Waals surface area (Å²) in [6.07, 6.45) is 9.70. The normalized spacial score (nSPS) is 26.1. The van der Waals surface area contributed by atoms with E-state index in [9.17, 15) is 4.79 Å². The van der Waals surface area contributed by atoms with E-state index >= 15 is 0 Å². The molecule has 1 heterocycles. The van der Waals surface area contributed by atoms with Gasteiger partial charge in [-0.25, -0.2) is 0 Å². The monoisotopic (exact) mass is 253 g/mol. The van der Waals surface area contributed by atoms with Gasteiger partial charge in [0.1, 0.15) is 6.29 Å². The third-order valence-electron chi connectivity index (χ3n) is 4.75. The number of piperidine rings is 1. The molecule has 0 aromatic carbocycles. The van der Waals surface area contributed by atoms with E-state index in [0.717, 1.165) is 45.0 Å². The number of nitrogens with zero attached hydrogens (tertiary/aromatic N) is 1. The molecule has 0 radical (unpaired) electrons. The highest BCUT2D eigenvalue weighted by Crippen LogP contribution is 2.36. The van der Waals surface area contributed by atoms with Crippen LogP contribution in [-0.2, 0) is 9.53 Å². The molecule has 1 saturated carbocycles. The quantitative estimate of drug-likeness (QED) is 0.705. The zero-order valence-electron chi connectivity index (χ0n) is 11.7. The lowest BCUT2D eigenvalue weighted by Gasteiger charge is -2.40. The van der Waals surface area contributed by atoms with Gasteiger partial charge in [0.05, 0.1) is 0 Å². The average Bonchev–Trinajstić information content (AvgIpc) is 2.42. The predicted octanol–water partition coefficient (Wildman–Crippen LogP) is 2.49. The molecule has 2 rings (SSSR count). The molecule has 0 spiro atoms. The van der Waals surface area contributed by atoms with Gasteiger partial charge < -0.3 is 14.4 Å². The van der Waals surface area contributed by atoms with Crippen molar-refractivity contribution in [2.45, 2.75) is 44.9 Å². The first-order valence-corrected chi connectivity index (χ1v) is 7.46. The van der Waals surface area contributed by atoms with Crippen LogP contribution in [0.1, 0.15) is 44.9 Å². The van der Waals surface area contributed by atoms with E-state index in [1.54, 1.807) is 7.11 Å². The Balaban J connectivity index is 1.80. The van der Waals surface area contributed by atoms with Crippen molar-refractivity contribution in [2.24, 2.45) is 11.3 Å². The van der Waals surface area contributed by atoms with Gasteiger partial charge in [-0.15, -0.1) is 0 Å². The van der Waals surface area contributed by atoms with Crippen LogP contribution in [0.5, 0.6) is 0 Å². The molecule has 1 saturated heterocycles. The lowest BCUT2D eigenvalue weighted by atomic mass is 9.74. The second-order valence-corrected chi connectivity index (χ2v) is 6.22. The zero-order valence-corrected chi connectivity index (χ0v) is 11.7. The largest absolute Gasteiger partial charge is 0.384 e. The van der Waals surface area contributed by atoms with Crippen molar-refractivity contribution in [1.82, 2.24) is 4.90 Å². The second kappa shape index (κ2) is 6.67. The van der Waals surface area contributed by atoms with Gasteiger partial charge in [-0.3, -0.25) is 0 Å². The van der Waals surface area contributed by atoms with Crippen LogP contribution in [-0.4, -0.2) is 44.5 Å². The minimum atomic E-state index is -0.0215. The smallest absolute Gasteiger partial charge is 0.127 e. The molecule has 1 aliphatic carbocycles. The average molecular weight is 253 g/mol. The van der Waals surface area contributed by atoms with Gasteiger partial charge in [-0.05, 0) is 44.7 Å². The Bertz CT molecular complexity index is 253. The molecule has 2 fully saturated rings. The fraction of sp³-hybridized carbons (Fsp3) is 0.933. The van der Waals surface area contributed by atoms with Crippen LogP contribution in [0.25, 0.3) is 0 Å². The fourth-order valence-corrected chi connectivity index (χ4v) is 3.56. The molecule has 0 atom stereocenters. The number of likely N-dealkylation sites (tertiary alicyclic amines) is 1. The number of rotatable bonds is 5. The van der Waals surface area contributed by atoms with Crippen LogP contribution >= 0.6 is 0 Å². The maximum absolute atomic E-state index is 11.5. The SMILES string of the molecule is COCC1CCN(CC2(C=O)CCCCC2)CC1. The van der Waals surface area contributed by atoms with E-state index in [1.807, 2.05) is 0 Å². The lowest BCUT2D eigenvalue weighted by Crippen LogP contribution is -2.44. The number of carbonyl (C=O) groups is 1. The van der Waals surface area contributed by atoms with Crippen molar-refractivity contribution >= 4 is 6.29 Å². The molecule has 0 N–H and O–H groups in total. The van der Waals surface area contributed by atoms with E-state index in [2.05, 4.69) is 4.90 Å². The minimum absolute atomic E-state index is 0.0215. The standard InChI is InChI=1S/C15H27NO2/c1-18-11-14-5-9-16(10-6-14)12-15(13-17)7-3-2-4-8-15/h13-14H,2-12H2,1H3. The first-order valence-electron chi connectivity index (χ1n) is 7.46. The Labute approximate surface area is 111 Å². The molecule has 2 aliphatic rings. The van der Waals surface area contributed by atoms with E-state index in [1.165, 1.54) is 38.4 Å². The van der Waals surface area contributed by atoms with Crippen LogP contribution in [0.3, 0.4) is 0 Å². The topological polar surface area (TPSA) is 29.5 Å². The first kappa shape index (κ1) is 14.0. The summed E-state index contributed by atoms with van der Waals surface area (Å²) >= 11 is 0. The van der Waals surface area contributed by atoms with Gasteiger partial charge >= 0.3 is 0 Å². The molecule has 3 nitrogen and oxygen atoms in total. The van der Waals surface area contributed by atoms with Crippen molar-refractivity contribution < 1.29 is 9.53 Å². The summed E-state index contributed by atoms with van der Waals surface area (Å²) in [6.45, 7) is 4.18. The van der Waals surface area contributed by atoms with Crippen LogP contribution in [0, 0.1) is 11.3 Å². The Morgan fingerprint density at radius 1 is 1.22 bits per heavy atom. The highest BCUT2D eigenvalue weighted by Gasteiger charge is 2.34. The number of methoxy groups -OCH3 is 1. The summed E-state index contributed by atoms with van der Waals surface area (Å²) in [6, 6.07) is 0. The third kappa shape index (κ3) is 3.55. The Morgan fingerprint density at radius 2 is 1.89 bits per heavy atom. The number of hydrogen-bond donors (Lipinski definition) is 0. The molecule has 18 heavy (non-hydrogen) atoms. The number of hydrogen-bond acceptors (Lipinski definition) is 3. The number of aldehydes is 1. The van der Waals surface area contributed by atoms with Crippen LogP contribution in [0.2, 0.25) is 0 Å². The highest BCUT2D eigenvalue weighted by molar-refractivity contribution is 5.60. The lowest BCUT2D eigenvalue weighted by molar-refractivity contribution is -0.119. The molecule has 0 amide bonds. The molecule has 0 aromatic rings. The predicted molar refractivity (Wildman–Crippen MR) is 72.6 cm³/mol. The molecule has 1 aliphatic heterocycles. The van der Waals surface area contributed by atoms with Gasteiger partial charge in [0.2, 0.25) is 0 Å². The summed E-state index contributed by atoms with van der Waals surface area (Å²) in [5, 5.41) is 0. The fourth-order valence-electron chi connectivity index (χ4n) is 3.56. The summed E-state index contributed by atoms with van der Waals surface area (Å²) in [5.74, 6) is 0.727. The Morgan fingerprint density at radius 3 is 2.44 bits per heavy atom. The Kier molecular flexibility index (Phi) is 5.19. The maximum Gasteiger partial charge on any atom is 0.127 e. The summed E-state index contributed by atoms with van der Waals surface area (Å²) in [5.41, 5.74) is -0.0215. The zero-order chi connectivity index (χ0) is 12.8. The van der Waals surface area contributed by atoms with E-state index < -0.39 is 0 Å². The third-order valence-corrected chi connectivity index (χ3v) is 4.75. The summed E-state index contributed by atoms with van der Waals surface area (Å²) in [7, 11) is 1.79. The van der Waals surface area contributed by atoms with E-state index in [-0.39, 0.29) is 5.41 Å². The van der Waals surface area contributed by atoms with Gasteiger partial charge in [0.15, 0.2) is 0 Å². The van der Waals surface area contributed by atoms with Crippen LogP contribution < -0.4 is 0 Å². The van der Waals surface area contributed by atoms with E-state index in [4.69, 9.17) is 4.74 Å². The van der Waals surface area contributed by atoms with Gasteiger partial charge in [0.25, 0.3) is 0 Å². The maximum atomic E-state index is 11.5. The number of carbonyl (C=O) groups excluding carboxylic acids is 1. The van der Waals surface area contributed by atoms with Crippen molar-refractivity contribution in [2.75, 3.05) is 33.4 Å². The van der Waals surface area contributed by atoms with Crippen molar-refractivity contribution in [3.05, 3.63) is 0 Å². The van der Waals surface area contributed by atoms with Gasteiger partial charge in [-0.1, -0.05) is 19.3 Å². The molecule has 0 bridgehead atoms. The summed E-state index contributed by atoms with van der Waals surface area (Å²) in [4.78, 5) is 14.0. The minimum Gasteiger partial charge on any atom is -0.384 e. The van der Waals surface area contributed by atoms with E-state index in [0.29, 0.717) is 0 Å². The van der Waals surface area contributed by atoms with Crippen LogP contribution in [0.15, 0.2) is 0 Å². The van der Waals surface area contributed by atoms with Crippen molar-refractivity contribution in [1.29, 1.82) is 0 Å². The molecular formula is C15H27NO2. The van der Waals surface area contributed by atoms with Gasteiger partial charge in [-0.2, -0.15) is 0 Å². The van der Waals surface area contributed by atoms with Crippen molar-refractivity contribution in [3.8, 4) is 0 Å². The molecule has 0 unspecified atom stereocenters. The second-order valence-electron chi connectivity index (χ2n) is 6.22. The number of ether oxygens (including phenoxy) is 1. The molecule has 104 valence electrons. The molecular weight excluding hydrogens is 226 g/mol. The summed E-state index contributed by atoms with van der Waals surface area (Å²) < 4.78 is 5.23. The molecule has 3 heteroatoms.